The molecule has 0 amide bonds. The van der Waals surface area contributed by atoms with Crippen LogP contribution < -0.4 is 61.1 Å². The number of rotatable bonds is 2. The summed E-state index contributed by atoms with van der Waals surface area (Å²) in [5, 5.41) is 1.14. The van der Waals surface area contributed by atoms with E-state index in [2.05, 4.69) is 4.98 Å². The van der Waals surface area contributed by atoms with Crippen LogP contribution in [0.4, 0.5) is 0 Å². The van der Waals surface area contributed by atoms with Crippen LogP contribution in [0.25, 0.3) is 10.9 Å². The molecule has 0 bridgehead atoms. The van der Waals surface area contributed by atoms with Crippen LogP contribution in [0.5, 0.6) is 5.88 Å². The molecule has 2 nitrogen and oxygen atoms in total. The minimum Gasteiger partial charge on any atom is -0.627 e. The third-order valence-corrected chi connectivity index (χ3v) is 1.74. The number of fused-ring (bicyclic) bond motifs is 1. The van der Waals surface area contributed by atoms with Crippen molar-refractivity contribution >= 4 is 10.9 Å². The molecular weight excluding hydrogens is 189 g/mol. The monoisotopic (exact) mass is 199 g/mol. The molecule has 1 aromatic carbocycles. The standard InChI is InChI=1S/C10H10NO.K/c1-2-12-10-7-8-5-3-4-6-9(8)11-10;/h3-7H,2H2,1H3;/q-1;+1. The first-order chi connectivity index (χ1) is 5.90. The van der Waals surface area contributed by atoms with Crippen LogP contribution in [0.3, 0.4) is 0 Å². The number of benzene rings is 1. The van der Waals surface area contributed by atoms with Crippen LogP contribution in [-0.4, -0.2) is 6.61 Å². The Bertz CT molecular complexity index is 350. The van der Waals surface area contributed by atoms with Crippen LogP contribution >= 0.6 is 0 Å². The number of hydrogen-bond acceptors (Lipinski definition) is 1. The molecule has 0 fully saturated rings. The quantitative estimate of drug-likeness (QED) is 0.591. The summed E-state index contributed by atoms with van der Waals surface area (Å²) < 4.78 is 5.28. The molecule has 0 atom stereocenters. The molecule has 0 N–H and O–H groups in total. The first-order valence-electron chi connectivity index (χ1n) is 4.05. The van der Waals surface area contributed by atoms with E-state index in [0.29, 0.717) is 6.61 Å². The smallest absolute Gasteiger partial charge is 0.627 e. The van der Waals surface area contributed by atoms with Gasteiger partial charge in [-0.2, -0.15) is 0 Å². The van der Waals surface area contributed by atoms with Gasteiger partial charge in [-0.1, -0.05) is 24.3 Å². The molecule has 0 saturated heterocycles. The molecule has 0 aliphatic heterocycles. The van der Waals surface area contributed by atoms with Crippen LogP contribution in [-0.2, 0) is 0 Å². The van der Waals surface area contributed by atoms with Crippen LogP contribution in [0.2, 0.25) is 0 Å². The van der Waals surface area contributed by atoms with Crippen molar-refractivity contribution in [2.75, 3.05) is 6.61 Å². The van der Waals surface area contributed by atoms with E-state index in [1.54, 1.807) is 0 Å². The Balaban J connectivity index is 0.000000845. The first-order valence-corrected chi connectivity index (χ1v) is 4.05. The van der Waals surface area contributed by atoms with Gasteiger partial charge in [0.2, 0.25) is 0 Å². The third kappa shape index (κ3) is 2.57. The van der Waals surface area contributed by atoms with Gasteiger partial charge in [0.1, 0.15) is 0 Å². The van der Waals surface area contributed by atoms with E-state index in [9.17, 15) is 0 Å². The molecule has 0 radical (unpaired) electrons. The van der Waals surface area contributed by atoms with E-state index in [-0.39, 0.29) is 51.4 Å². The van der Waals surface area contributed by atoms with Gasteiger partial charge in [-0.15, -0.1) is 5.52 Å². The van der Waals surface area contributed by atoms with Gasteiger partial charge in [-0.25, -0.2) is 0 Å². The largest absolute Gasteiger partial charge is 1.00 e. The minimum absolute atomic E-state index is 0. The number of ether oxygens (including phenoxy) is 1. The Kier molecular flexibility index (Phi) is 4.48. The number of para-hydroxylation sites is 1. The van der Waals surface area contributed by atoms with Crippen molar-refractivity contribution in [1.82, 2.24) is 4.98 Å². The second kappa shape index (κ2) is 5.17. The number of hydrogen-bond donors (Lipinski definition) is 0. The summed E-state index contributed by atoms with van der Waals surface area (Å²) in [5.41, 5.74) is 1.00. The fourth-order valence-electron chi connectivity index (χ4n) is 1.22. The number of aromatic nitrogens is 1. The maximum atomic E-state index is 5.28. The minimum atomic E-state index is 0. The molecule has 0 spiro atoms. The number of nitrogens with zero attached hydrogens (tertiary/aromatic N) is 1. The zero-order valence-corrected chi connectivity index (χ0v) is 11.1. The van der Waals surface area contributed by atoms with Gasteiger partial charge >= 0.3 is 51.4 Å². The van der Waals surface area contributed by atoms with Gasteiger partial charge < -0.3 is 9.72 Å². The third-order valence-electron chi connectivity index (χ3n) is 1.74. The molecule has 2 aromatic rings. The molecule has 3 heteroatoms. The summed E-state index contributed by atoms with van der Waals surface area (Å²) in [6.45, 7) is 2.63. The average molecular weight is 199 g/mol. The van der Waals surface area contributed by atoms with Crippen molar-refractivity contribution in [1.29, 1.82) is 0 Å². The normalized spacial score (nSPS) is 9.62. The molecule has 13 heavy (non-hydrogen) atoms. The van der Waals surface area contributed by atoms with E-state index in [1.165, 1.54) is 0 Å². The Hall–Kier alpha value is 0.196. The van der Waals surface area contributed by atoms with E-state index in [0.717, 1.165) is 16.8 Å². The Morgan fingerprint density at radius 1 is 1.31 bits per heavy atom. The van der Waals surface area contributed by atoms with Gasteiger partial charge in [0.25, 0.3) is 0 Å². The molecule has 1 aromatic heterocycles. The van der Waals surface area contributed by atoms with Crippen molar-refractivity contribution in [3.63, 3.8) is 0 Å². The molecule has 2 rings (SSSR count). The fourth-order valence-corrected chi connectivity index (χ4v) is 1.22. The second-order valence-corrected chi connectivity index (χ2v) is 2.59. The molecule has 62 valence electrons. The van der Waals surface area contributed by atoms with Crippen LogP contribution in [0, 0.1) is 0 Å². The van der Waals surface area contributed by atoms with Gasteiger partial charge in [-0.3, -0.25) is 0 Å². The molecule has 1 heterocycles. The Morgan fingerprint density at radius 2 is 2.08 bits per heavy atom. The average Bonchev–Trinajstić information content (AvgIpc) is 2.47. The molecule has 0 saturated carbocycles. The summed E-state index contributed by atoms with van der Waals surface area (Å²) in [4.78, 5) is 4.28. The molecular formula is C10H10KNO. The summed E-state index contributed by atoms with van der Waals surface area (Å²) in [6.07, 6.45) is 0. The van der Waals surface area contributed by atoms with Gasteiger partial charge in [-0.05, 0) is 18.4 Å². The van der Waals surface area contributed by atoms with Crippen LogP contribution in [0.15, 0.2) is 30.3 Å². The van der Waals surface area contributed by atoms with Crippen molar-refractivity contribution in [2.45, 2.75) is 6.92 Å². The van der Waals surface area contributed by atoms with Crippen molar-refractivity contribution < 1.29 is 56.1 Å². The summed E-state index contributed by atoms with van der Waals surface area (Å²) in [7, 11) is 0. The topological polar surface area (TPSA) is 23.3 Å². The summed E-state index contributed by atoms with van der Waals surface area (Å²) in [5.74, 6) is 0.721. The Morgan fingerprint density at radius 3 is 2.77 bits per heavy atom. The zero-order chi connectivity index (χ0) is 8.39. The molecule has 0 aliphatic rings. The van der Waals surface area contributed by atoms with Gasteiger partial charge in [0.05, 0.1) is 6.61 Å². The first kappa shape index (κ1) is 11.3. The van der Waals surface area contributed by atoms with Gasteiger partial charge in [0, 0.05) is 5.88 Å². The second-order valence-electron chi connectivity index (χ2n) is 2.59. The van der Waals surface area contributed by atoms with E-state index < -0.39 is 0 Å². The Labute approximate surface area is 120 Å². The summed E-state index contributed by atoms with van der Waals surface area (Å²) in [6, 6.07) is 9.95. The zero-order valence-electron chi connectivity index (χ0n) is 7.95. The predicted molar refractivity (Wildman–Crippen MR) is 48.4 cm³/mol. The maximum Gasteiger partial charge on any atom is 1.00 e. The van der Waals surface area contributed by atoms with E-state index in [1.807, 2.05) is 37.3 Å². The summed E-state index contributed by atoms with van der Waals surface area (Å²) >= 11 is 0. The fraction of sp³-hybridized carbons (Fsp3) is 0.200. The predicted octanol–water partition coefficient (Wildman–Crippen LogP) is -0.800. The maximum absolute atomic E-state index is 5.28. The van der Waals surface area contributed by atoms with Crippen molar-refractivity contribution in [3.05, 3.63) is 30.3 Å². The van der Waals surface area contributed by atoms with E-state index >= 15 is 0 Å². The van der Waals surface area contributed by atoms with Gasteiger partial charge in [0.15, 0.2) is 0 Å². The van der Waals surface area contributed by atoms with E-state index in [4.69, 9.17) is 4.74 Å². The molecule has 0 aliphatic carbocycles. The SMILES string of the molecule is CCOc1cc2ccccc2[n-]1.[K+]. The van der Waals surface area contributed by atoms with Crippen molar-refractivity contribution in [3.8, 4) is 5.88 Å². The molecule has 0 unspecified atom stereocenters. The van der Waals surface area contributed by atoms with Crippen LogP contribution in [0.1, 0.15) is 6.92 Å². The van der Waals surface area contributed by atoms with Crippen molar-refractivity contribution in [2.24, 2.45) is 0 Å².